The lowest BCUT2D eigenvalue weighted by Gasteiger charge is -2.53. The van der Waals surface area contributed by atoms with Crippen LogP contribution in [0.2, 0.25) is 0 Å². The maximum absolute atomic E-state index is 13.8. The Kier molecular flexibility index (Phi) is 9.91. The number of hydrogen-bond acceptors (Lipinski definition) is 7. The number of carbonyl (C=O) groups excluding carboxylic acids is 3. The average molecular weight is 732 g/mol. The largest absolute Gasteiger partial charge is 0.345 e. The van der Waals surface area contributed by atoms with Crippen molar-refractivity contribution in [3.8, 4) is 0 Å². The van der Waals surface area contributed by atoms with Crippen LogP contribution in [0.3, 0.4) is 0 Å². The number of carbonyl (C=O) groups is 3. The van der Waals surface area contributed by atoms with Crippen molar-refractivity contribution in [2.45, 2.75) is 95.5 Å². The quantitative estimate of drug-likeness (QED) is 0.223. The number of amides is 3. The molecule has 8 rings (SSSR count). The molecular weight excluding hydrogens is 679 g/mol. The number of imidazole rings is 1. The molecule has 0 radical (unpaired) electrons. The van der Waals surface area contributed by atoms with E-state index >= 15 is 0 Å². The highest BCUT2D eigenvalue weighted by atomic mass is 16.2. The van der Waals surface area contributed by atoms with Gasteiger partial charge in [0.2, 0.25) is 0 Å². The third kappa shape index (κ3) is 6.74. The van der Waals surface area contributed by atoms with Crippen LogP contribution in [0.4, 0.5) is 5.69 Å². The first kappa shape index (κ1) is 36.2. The Hall–Kier alpha value is -4.81. The normalized spacial score (nSPS) is 18.8. The minimum Gasteiger partial charge on any atom is -0.345 e. The van der Waals surface area contributed by atoms with Gasteiger partial charge >= 0.3 is 0 Å². The Labute approximate surface area is 318 Å². The number of hydrogen-bond donors (Lipinski definition) is 1. The summed E-state index contributed by atoms with van der Waals surface area (Å²) in [4.78, 5) is 52.7. The summed E-state index contributed by atoms with van der Waals surface area (Å²) in [6.07, 6.45) is 13.0. The molecule has 0 atom stereocenters. The zero-order valence-corrected chi connectivity index (χ0v) is 32.1. The molecule has 1 N–H and O–H groups in total. The number of rotatable bonds is 10. The Morgan fingerprint density at radius 2 is 1.52 bits per heavy atom. The van der Waals surface area contributed by atoms with Gasteiger partial charge < -0.3 is 24.6 Å². The molecule has 1 saturated heterocycles. The van der Waals surface area contributed by atoms with Gasteiger partial charge in [-0.1, -0.05) is 30.7 Å². The minimum absolute atomic E-state index is 0.00127. The van der Waals surface area contributed by atoms with Crippen molar-refractivity contribution >= 4 is 23.4 Å². The minimum atomic E-state index is -0.160. The predicted molar refractivity (Wildman–Crippen MR) is 207 cm³/mol. The van der Waals surface area contributed by atoms with E-state index in [1.807, 2.05) is 56.6 Å². The van der Waals surface area contributed by atoms with Gasteiger partial charge in [0, 0.05) is 83.4 Å². The predicted octanol–water partition coefficient (Wildman–Crippen LogP) is 5.70. The zero-order chi connectivity index (χ0) is 37.6. The Morgan fingerprint density at radius 1 is 0.815 bits per heavy atom. The van der Waals surface area contributed by atoms with E-state index in [4.69, 9.17) is 4.98 Å². The van der Waals surface area contributed by atoms with E-state index in [9.17, 15) is 14.4 Å². The Balaban J connectivity index is 0.870. The molecule has 3 fully saturated rings. The van der Waals surface area contributed by atoms with E-state index in [2.05, 4.69) is 41.6 Å². The molecule has 3 amide bonds. The number of benzene rings is 2. The van der Waals surface area contributed by atoms with Crippen molar-refractivity contribution in [3.63, 3.8) is 0 Å². The second-order valence-corrected chi connectivity index (χ2v) is 16.1. The summed E-state index contributed by atoms with van der Waals surface area (Å²) < 4.78 is 4.19. The summed E-state index contributed by atoms with van der Waals surface area (Å²) >= 11 is 0. The Morgan fingerprint density at radius 3 is 2.15 bits per heavy atom. The van der Waals surface area contributed by atoms with Crippen LogP contribution in [-0.4, -0.2) is 103 Å². The molecule has 2 saturated carbocycles. The summed E-state index contributed by atoms with van der Waals surface area (Å²) in [7, 11) is 5.35. The molecule has 2 aliphatic carbocycles. The fraction of sp³-hybridized carbons (Fsp3) is 0.500. The third-order valence-electron chi connectivity index (χ3n) is 12.6. The molecule has 2 aliphatic heterocycles. The van der Waals surface area contributed by atoms with Crippen molar-refractivity contribution in [3.05, 3.63) is 100 Å². The number of anilines is 1. The van der Waals surface area contributed by atoms with Crippen LogP contribution in [0.1, 0.15) is 111 Å². The van der Waals surface area contributed by atoms with Crippen molar-refractivity contribution < 1.29 is 14.4 Å². The first-order chi connectivity index (χ1) is 26.1. The van der Waals surface area contributed by atoms with Gasteiger partial charge in [0.25, 0.3) is 17.7 Å². The SMILES string of the molecule is Cc1c(C(=O)Nc2ccc(CN(C)C(=O)c3ncc4n3CCN(Cc3ccc(C(=O)N(C)C)cc3)C43CCC3)cc2)cnn1C1CCN(C2CCC2)CC1. The topological polar surface area (TPSA) is 112 Å². The highest BCUT2D eigenvalue weighted by Crippen LogP contribution is 2.49. The van der Waals surface area contributed by atoms with Crippen LogP contribution in [0.15, 0.2) is 60.9 Å². The second kappa shape index (κ2) is 14.8. The molecule has 12 nitrogen and oxygen atoms in total. The van der Waals surface area contributed by atoms with E-state index < -0.39 is 0 Å². The fourth-order valence-corrected chi connectivity index (χ4v) is 8.96. The van der Waals surface area contributed by atoms with E-state index in [0.29, 0.717) is 41.8 Å². The lowest BCUT2D eigenvalue weighted by atomic mass is 9.72. The van der Waals surface area contributed by atoms with Gasteiger partial charge in [-0.15, -0.1) is 0 Å². The molecule has 1 spiro atoms. The monoisotopic (exact) mass is 731 g/mol. The van der Waals surface area contributed by atoms with Crippen LogP contribution in [-0.2, 0) is 25.2 Å². The van der Waals surface area contributed by atoms with Crippen LogP contribution in [0, 0.1) is 6.92 Å². The standard InChI is InChI=1S/C42H53N9O3/c1-29-36(25-44-51(29)35-17-21-48(22-18-35)34-7-5-8-34)39(52)45-33-15-11-30(12-16-33)27-47(4)41(54)38-43-26-37-42(19-6-20-42)49(23-24-50(37)38)28-31-9-13-32(14-10-31)40(53)46(2)3/h9-16,25-26,34-35H,5-8,17-24,27-28H2,1-4H3,(H,45,52). The molecule has 4 heterocycles. The fourth-order valence-electron chi connectivity index (χ4n) is 8.96. The molecular formula is C42H53N9O3. The molecule has 0 unspecified atom stereocenters. The third-order valence-corrected chi connectivity index (χ3v) is 12.6. The molecule has 12 heteroatoms. The molecule has 2 aromatic carbocycles. The average Bonchev–Trinajstić information content (AvgIpc) is 3.74. The molecule has 284 valence electrons. The first-order valence-corrected chi connectivity index (χ1v) is 19.7. The maximum Gasteiger partial charge on any atom is 0.289 e. The summed E-state index contributed by atoms with van der Waals surface area (Å²) in [5.41, 5.74) is 6.02. The molecule has 54 heavy (non-hydrogen) atoms. The summed E-state index contributed by atoms with van der Waals surface area (Å²) in [6.45, 7) is 6.91. The van der Waals surface area contributed by atoms with E-state index in [1.54, 1.807) is 30.1 Å². The van der Waals surface area contributed by atoms with Gasteiger partial charge in [0.15, 0.2) is 5.82 Å². The van der Waals surface area contributed by atoms with Crippen LogP contribution < -0.4 is 5.32 Å². The van der Waals surface area contributed by atoms with Crippen molar-refractivity contribution in [1.82, 2.24) is 38.9 Å². The number of piperidine rings is 1. The van der Waals surface area contributed by atoms with Gasteiger partial charge in [-0.25, -0.2) is 4.98 Å². The first-order valence-electron chi connectivity index (χ1n) is 19.7. The van der Waals surface area contributed by atoms with E-state index in [1.165, 1.54) is 24.8 Å². The smallest absolute Gasteiger partial charge is 0.289 e. The van der Waals surface area contributed by atoms with Crippen molar-refractivity contribution in [1.29, 1.82) is 0 Å². The molecule has 2 aromatic heterocycles. The highest BCUT2D eigenvalue weighted by molar-refractivity contribution is 6.04. The van der Waals surface area contributed by atoms with Gasteiger partial charge in [-0.05, 0) is 87.3 Å². The maximum atomic E-state index is 13.8. The summed E-state index contributed by atoms with van der Waals surface area (Å²) in [5, 5.41) is 7.69. The van der Waals surface area contributed by atoms with Crippen LogP contribution in [0.25, 0.3) is 0 Å². The van der Waals surface area contributed by atoms with Gasteiger partial charge in [0.1, 0.15) is 0 Å². The van der Waals surface area contributed by atoms with E-state index in [0.717, 1.165) is 81.3 Å². The number of likely N-dealkylation sites (tertiary alicyclic amines) is 1. The van der Waals surface area contributed by atoms with Gasteiger partial charge in [-0.3, -0.25) is 24.0 Å². The van der Waals surface area contributed by atoms with E-state index in [-0.39, 0.29) is 23.3 Å². The lowest BCUT2D eigenvalue weighted by molar-refractivity contribution is -0.0218. The highest BCUT2D eigenvalue weighted by Gasteiger charge is 2.49. The zero-order valence-electron chi connectivity index (χ0n) is 32.1. The van der Waals surface area contributed by atoms with Gasteiger partial charge in [0.05, 0.1) is 35.2 Å². The Bertz CT molecular complexity index is 2000. The van der Waals surface area contributed by atoms with Crippen LogP contribution >= 0.6 is 0 Å². The summed E-state index contributed by atoms with van der Waals surface area (Å²) in [6, 6.07) is 16.7. The number of aromatic nitrogens is 4. The van der Waals surface area contributed by atoms with Crippen LogP contribution in [0.5, 0.6) is 0 Å². The number of nitrogens with zero attached hydrogens (tertiary/aromatic N) is 8. The molecule has 4 aromatic rings. The van der Waals surface area contributed by atoms with Crippen molar-refractivity contribution in [2.24, 2.45) is 0 Å². The number of fused-ring (bicyclic) bond motifs is 2. The molecule has 0 bridgehead atoms. The number of nitrogens with one attached hydrogen (secondary N) is 1. The van der Waals surface area contributed by atoms with Crippen molar-refractivity contribution in [2.75, 3.05) is 46.1 Å². The second-order valence-electron chi connectivity index (χ2n) is 16.1. The lowest BCUT2D eigenvalue weighted by Crippen LogP contribution is -2.56. The molecule has 4 aliphatic rings. The van der Waals surface area contributed by atoms with Gasteiger partial charge in [-0.2, -0.15) is 5.10 Å². The summed E-state index contributed by atoms with van der Waals surface area (Å²) in [5.74, 6) is 0.214.